The second-order valence-corrected chi connectivity index (χ2v) is 6.39. The fourth-order valence-corrected chi connectivity index (χ4v) is 3.29. The van der Waals surface area contributed by atoms with Crippen molar-refractivity contribution >= 4 is 17.5 Å². The normalized spacial score (nSPS) is 25.2. The van der Waals surface area contributed by atoms with Gasteiger partial charge in [-0.15, -0.1) is 0 Å². The molecule has 1 aromatic rings. The first-order chi connectivity index (χ1) is 10.1. The Morgan fingerprint density at radius 2 is 2.29 bits per heavy atom. The van der Waals surface area contributed by atoms with Crippen molar-refractivity contribution in [3.8, 4) is 0 Å². The second-order valence-electron chi connectivity index (χ2n) is 5.99. The van der Waals surface area contributed by atoms with Gasteiger partial charge in [0.05, 0.1) is 30.0 Å². The zero-order chi connectivity index (χ0) is 15.0. The molecular weight excluding hydrogens is 290 g/mol. The number of rotatable bonds is 2. The number of amides is 1. The fraction of sp³-hybridized carbons (Fsp3) is 0.667. The van der Waals surface area contributed by atoms with Crippen LogP contribution in [-0.4, -0.2) is 46.1 Å². The Bertz CT molecular complexity index is 550. The van der Waals surface area contributed by atoms with E-state index in [-0.39, 0.29) is 24.0 Å². The van der Waals surface area contributed by atoms with Crippen LogP contribution in [0.5, 0.6) is 0 Å². The number of fused-ring (bicyclic) bond motifs is 1. The lowest BCUT2D eigenvalue weighted by Crippen LogP contribution is -2.51. The largest absolute Gasteiger partial charge is 0.374 e. The summed E-state index contributed by atoms with van der Waals surface area (Å²) >= 11 is 6.15. The van der Waals surface area contributed by atoms with E-state index in [2.05, 4.69) is 9.97 Å². The first kappa shape index (κ1) is 14.7. The summed E-state index contributed by atoms with van der Waals surface area (Å²) in [5.74, 6) is 0.723. The van der Waals surface area contributed by atoms with Crippen molar-refractivity contribution in [3.05, 3.63) is 22.7 Å². The van der Waals surface area contributed by atoms with Crippen molar-refractivity contribution in [3.63, 3.8) is 0 Å². The summed E-state index contributed by atoms with van der Waals surface area (Å²) < 4.78 is 5.75. The van der Waals surface area contributed by atoms with Crippen LogP contribution in [0.1, 0.15) is 55.3 Å². The minimum Gasteiger partial charge on any atom is -0.374 e. The van der Waals surface area contributed by atoms with Crippen molar-refractivity contribution in [1.29, 1.82) is 0 Å². The number of morpholine rings is 1. The van der Waals surface area contributed by atoms with E-state index < -0.39 is 0 Å². The van der Waals surface area contributed by atoms with Crippen LogP contribution in [0.4, 0.5) is 0 Å². The minimum atomic E-state index is -0.0931. The van der Waals surface area contributed by atoms with Gasteiger partial charge in [0.15, 0.2) is 5.69 Å². The molecule has 2 unspecified atom stereocenters. The first-order valence-electron chi connectivity index (χ1n) is 7.53. The fourth-order valence-electron chi connectivity index (χ4n) is 3.12. The van der Waals surface area contributed by atoms with Gasteiger partial charge in [0.25, 0.3) is 5.91 Å². The molecule has 1 saturated heterocycles. The third-order valence-corrected chi connectivity index (χ3v) is 4.50. The molecule has 1 aromatic heterocycles. The van der Waals surface area contributed by atoms with E-state index in [0.29, 0.717) is 29.7 Å². The molecule has 3 rings (SSSR count). The first-order valence-corrected chi connectivity index (χ1v) is 7.90. The quantitative estimate of drug-likeness (QED) is 0.843. The third-order valence-electron chi connectivity index (χ3n) is 4.22. The van der Waals surface area contributed by atoms with Crippen LogP contribution >= 0.6 is 11.6 Å². The summed E-state index contributed by atoms with van der Waals surface area (Å²) in [5, 5.41) is 0.324. The number of carbonyl (C=O) groups excluding carboxylic acids is 1. The minimum absolute atomic E-state index is 0.0931. The Morgan fingerprint density at radius 3 is 3.05 bits per heavy atom. The highest BCUT2D eigenvalue weighted by Gasteiger charge is 2.39. The molecule has 0 radical (unpaired) electrons. The molecule has 0 N–H and O–H groups in total. The van der Waals surface area contributed by atoms with Gasteiger partial charge in [0, 0.05) is 12.5 Å². The molecule has 21 heavy (non-hydrogen) atoms. The molecule has 0 aromatic carbocycles. The monoisotopic (exact) mass is 309 g/mol. The molecule has 5 nitrogen and oxygen atoms in total. The predicted molar refractivity (Wildman–Crippen MR) is 79.5 cm³/mol. The van der Waals surface area contributed by atoms with Crippen molar-refractivity contribution in [2.45, 2.75) is 51.2 Å². The summed E-state index contributed by atoms with van der Waals surface area (Å²) in [5.41, 5.74) is 0.322. The van der Waals surface area contributed by atoms with Crippen molar-refractivity contribution in [1.82, 2.24) is 14.9 Å². The lowest BCUT2D eigenvalue weighted by Gasteiger charge is -2.37. The maximum Gasteiger partial charge on any atom is 0.274 e. The topological polar surface area (TPSA) is 55.3 Å². The molecule has 1 amide bonds. The molecule has 1 aliphatic carbocycles. The average Bonchev–Trinajstić information content (AvgIpc) is 2.95. The van der Waals surface area contributed by atoms with E-state index in [1.165, 1.54) is 6.20 Å². The maximum atomic E-state index is 12.8. The lowest BCUT2D eigenvalue weighted by atomic mass is 10.1. The number of hydrogen-bond donors (Lipinski definition) is 0. The standard InChI is InChI=1S/C15H20ClN3O2/c1-9(2)14-17-8-10(16)13(18-14)15(20)19-6-7-21-12-5-3-4-11(12)19/h8-9,11-12H,3-7H2,1-2H3. The Hall–Kier alpha value is -1.20. The molecule has 2 atom stereocenters. The van der Waals surface area contributed by atoms with Gasteiger partial charge in [-0.05, 0) is 19.3 Å². The molecule has 0 bridgehead atoms. The highest BCUT2D eigenvalue weighted by atomic mass is 35.5. The van der Waals surface area contributed by atoms with E-state index in [4.69, 9.17) is 16.3 Å². The maximum absolute atomic E-state index is 12.8. The Morgan fingerprint density at radius 1 is 1.48 bits per heavy atom. The van der Waals surface area contributed by atoms with Crippen LogP contribution in [0, 0.1) is 0 Å². The van der Waals surface area contributed by atoms with Crippen LogP contribution in [0.3, 0.4) is 0 Å². The lowest BCUT2D eigenvalue weighted by molar-refractivity contribution is -0.0447. The van der Waals surface area contributed by atoms with E-state index in [1.807, 2.05) is 18.7 Å². The molecule has 2 aliphatic rings. The predicted octanol–water partition coefficient (Wildman–Crippen LogP) is 2.65. The van der Waals surface area contributed by atoms with E-state index in [1.54, 1.807) is 0 Å². The third kappa shape index (κ3) is 2.77. The molecule has 2 fully saturated rings. The van der Waals surface area contributed by atoms with Gasteiger partial charge in [-0.1, -0.05) is 25.4 Å². The van der Waals surface area contributed by atoms with Crippen molar-refractivity contribution < 1.29 is 9.53 Å². The van der Waals surface area contributed by atoms with Gasteiger partial charge in [0.1, 0.15) is 5.82 Å². The van der Waals surface area contributed by atoms with Crippen LogP contribution in [0.25, 0.3) is 0 Å². The summed E-state index contributed by atoms with van der Waals surface area (Å²) in [6, 6.07) is 0.166. The SMILES string of the molecule is CC(C)c1ncc(Cl)c(C(=O)N2CCOC3CCCC32)n1. The highest BCUT2D eigenvalue weighted by molar-refractivity contribution is 6.33. The van der Waals surface area contributed by atoms with Crippen LogP contribution in [0.2, 0.25) is 5.02 Å². The highest BCUT2D eigenvalue weighted by Crippen LogP contribution is 2.31. The van der Waals surface area contributed by atoms with Gasteiger partial charge in [0.2, 0.25) is 0 Å². The number of ether oxygens (including phenoxy) is 1. The number of halogens is 1. The van der Waals surface area contributed by atoms with Crippen molar-refractivity contribution in [2.24, 2.45) is 0 Å². The van der Waals surface area contributed by atoms with E-state index >= 15 is 0 Å². The molecule has 1 aliphatic heterocycles. The summed E-state index contributed by atoms with van der Waals surface area (Å²) in [4.78, 5) is 23.3. The zero-order valence-corrected chi connectivity index (χ0v) is 13.1. The summed E-state index contributed by atoms with van der Waals surface area (Å²) in [7, 11) is 0. The summed E-state index contributed by atoms with van der Waals surface area (Å²) in [6.45, 7) is 5.20. The van der Waals surface area contributed by atoms with Gasteiger partial charge >= 0.3 is 0 Å². The molecule has 1 saturated carbocycles. The second kappa shape index (κ2) is 5.89. The van der Waals surface area contributed by atoms with Crippen molar-refractivity contribution in [2.75, 3.05) is 13.2 Å². The molecule has 2 heterocycles. The number of hydrogen-bond acceptors (Lipinski definition) is 4. The Balaban J connectivity index is 1.89. The molecule has 0 spiro atoms. The molecule has 6 heteroatoms. The van der Waals surface area contributed by atoms with E-state index in [9.17, 15) is 4.79 Å². The summed E-state index contributed by atoms with van der Waals surface area (Å²) in [6.07, 6.45) is 4.84. The van der Waals surface area contributed by atoms with Gasteiger partial charge < -0.3 is 9.64 Å². The van der Waals surface area contributed by atoms with Gasteiger partial charge in [-0.25, -0.2) is 9.97 Å². The average molecular weight is 310 g/mol. The molecule has 114 valence electrons. The van der Waals surface area contributed by atoms with Crippen LogP contribution in [0.15, 0.2) is 6.20 Å². The van der Waals surface area contributed by atoms with Crippen LogP contribution < -0.4 is 0 Å². The Labute approximate surface area is 129 Å². The number of nitrogens with zero attached hydrogens (tertiary/aromatic N) is 3. The Kier molecular flexibility index (Phi) is 4.13. The number of aromatic nitrogens is 2. The van der Waals surface area contributed by atoms with Gasteiger partial charge in [-0.3, -0.25) is 4.79 Å². The van der Waals surface area contributed by atoms with Gasteiger partial charge in [-0.2, -0.15) is 0 Å². The van der Waals surface area contributed by atoms with Crippen LogP contribution in [-0.2, 0) is 4.74 Å². The zero-order valence-electron chi connectivity index (χ0n) is 12.4. The molecular formula is C15H20ClN3O2. The number of carbonyl (C=O) groups is 1. The smallest absolute Gasteiger partial charge is 0.274 e. The van der Waals surface area contributed by atoms with E-state index in [0.717, 1.165) is 19.3 Å².